The summed E-state index contributed by atoms with van der Waals surface area (Å²) < 4.78 is 13.8. The third-order valence-electron chi connectivity index (χ3n) is 4.64. The van der Waals surface area contributed by atoms with Gasteiger partial charge in [0, 0.05) is 30.9 Å². The molecular weight excluding hydrogens is 253 g/mol. The third kappa shape index (κ3) is 2.67. The molecule has 2 unspecified atom stereocenters. The summed E-state index contributed by atoms with van der Waals surface area (Å²) in [6, 6.07) is 6.47. The molecule has 0 saturated carbocycles. The van der Waals surface area contributed by atoms with Crippen molar-refractivity contribution in [3.63, 3.8) is 0 Å². The smallest absolute Gasteiger partial charge is 0.125 e. The van der Waals surface area contributed by atoms with Crippen LogP contribution in [0.4, 0.5) is 10.1 Å². The monoisotopic (exact) mass is 277 g/mol. The number of benzene rings is 1. The number of hydrogen-bond donors (Lipinski definition) is 1. The molecule has 2 fully saturated rings. The Morgan fingerprint density at radius 1 is 1.30 bits per heavy atom. The lowest BCUT2D eigenvalue weighted by Gasteiger charge is -2.43. The van der Waals surface area contributed by atoms with Crippen LogP contribution in [-0.2, 0) is 6.42 Å². The standard InChI is InChI=1S/C16H24FN3/c1-12-10-19-6-2-3-15(19)11-20(12)16-8-13(4-5-18)7-14(17)9-16/h7-9,12,15H,2-6,10-11,18H2,1H3. The average molecular weight is 277 g/mol. The van der Waals surface area contributed by atoms with Gasteiger partial charge in [0.05, 0.1) is 0 Å². The Balaban J connectivity index is 1.84. The van der Waals surface area contributed by atoms with Crippen LogP contribution in [-0.4, -0.2) is 43.2 Å². The molecule has 2 N–H and O–H groups in total. The molecule has 0 bridgehead atoms. The summed E-state index contributed by atoms with van der Waals surface area (Å²) in [4.78, 5) is 4.96. The maximum Gasteiger partial charge on any atom is 0.125 e. The SMILES string of the molecule is CC1CN2CCCC2CN1c1cc(F)cc(CCN)c1. The lowest BCUT2D eigenvalue weighted by atomic mass is 10.0. The summed E-state index contributed by atoms with van der Waals surface area (Å²) in [5.74, 6) is -0.146. The second kappa shape index (κ2) is 5.70. The highest BCUT2D eigenvalue weighted by Gasteiger charge is 2.34. The van der Waals surface area contributed by atoms with Gasteiger partial charge in [0.25, 0.3) is 0 Å². The van der Waals surface area contributed by atoms with Crippen LogP contribution >= 0.6 is 0 Å². The fourth-order valence-electron chi connectivity index (χ4n) is 3.66. The van der Waals surface area contributed by atoms with Crippen molar-refractivity contribution < 1.29 is 4.39 Å². The summed E-state index contributed by atoms with van der Waals surface area (Å²) in [5, 5.41) is 0. The van der Waals surface area contributed by atoms with Crippen LogP contribution in [0.15, 0.2) is 18.2 Å². The van der Waals surface area contributed by atoms with E-state index in [0.29, 0.717) is 18.6 Å². The van der Waals surface area contributed by atoms with E-state index < -0.39 is 0 Å². The van der Waals surface area contributed by atoms with E-state index in [1.807, 2.05) is 0 Å². The minimum atomic E-state index is -0.146. The fraction of sp³-hybridized carbons (Fsp3) is 0.625. The fourth-order valence-corrected chi connectivity index (χ4v) is 3.66. The second-order valence-electron chi connectivity index (χ2n) is 6.15. The van der Waals surface area contributed by atoms with Crippen molar-refractivity contribution in [3.8, 4) is 0 Å². The van der Waals surface area contributed by atoms with E-state index in [1.54, 1.807) is 12.1 Å². The largest absolute Gasteiger partial charge is 0.366 e. The molecule has 2 atom stereocenters. The average Bonchev–Trinajstić information content (AvgIpc) is 2.84. The molecule has 3 rings (SSSR count). The molecule has 0 aromatic heterocycles. The van der Waals surface area contributed by atoms with E-state index in [9.17, 15) is 4.39 Å². The normalized spacial score (nSPS) is 26.9. The van der Waals surface area contributed by atoms with Crippen LogP contribution in [0.5, 0.6) is 0 Å². The molecule has 3 nitrogen and oxygen atoms in total. The van der Waals surface area contributed by atoms with Gasteiger partial charge in [-0.1, -0.05) is 0 Å². The molecule has 0 radical (unpaired) electrons. The first kappa shape index (κ1) is 13.8. The van der Waals surface area contributed by atoms with Crippen molar-refractivity contribution in [2.75, 3.05) is 31.1 Å². The molecule has 4 heteroatoms. The van der Waals surface area contributed by atoms with Gasteiger partial charge >= 0.3 is 0 Å². The van der Waals surface area contributed by atoms with Crippen LogP contribution in [0.1, 0.15) is 25.3 Å². The summed E-state index contributed by atoms with van der Waals surface area (Å²) in [7, 11) is 0. The molecule has 2 aliphatic rings. The van der Waals surface area contributed by atoms with Gasteiger partial charge in [0.15, 0.2) is 0 Å². The Morgan fingerprint density at radius 2 is 2.15 bits per heavy atom. The molecule has 2 aliphatic heterocycles. The number of hydrogen-bond acceptors (Lipinski definition) is 3. The predicted octanol–water partition coefficient (Wildman–Crippen LogP) is 2.00. The maximum absolute atomic E-state index is 13.8. The molecule has 2 saturated heterocycles. The molecular formula is C16H24FN3. The van der Waals surface area contributed by atoms with Gasteiger partial charge in [0.2, 0.25) is 0 Å². The zero-order valence-corrected chi connectivity index (χ0v) is 12.2. The molecule has 2 heterocycles. The van der Waals surface area contributed by atoms with Crippen LogP contribution < -0.4 is 10.6 Å². The highest BCUT2D eigenvalue weighted by Crippen LogP contribution is 2.29. The molecule has 0 spiro atoms. The van der Waals surface area contributed by atoms with E-state index in [0.717, 1.165) is 30.8 Å². The van der Waals surface area contributed by atoms with Gasteiger partial charge in [-0.05, 0) is 63.0 Å². The Labute approximate surface area is 120 Å². The number of nitrogens with zero attached hydrogens (tertiary/aromatic N) is 2. The summed E-state index contributed by atoms with van der Waals surface area (Å²) in [6.45, 7) is 6.14. The molecule has 0 amide bonds. The van der Waals surface area contributed by atoms with Crippen LogP contribution in [0.25, 0.3) is 0 Å². The summed E-state index contributed by atoms with van der Waals surface area (Å²) in [6.07, 6.45) is 3.31. The van der Waals surface area contributed by atoms with Gasteiger partial charge in [-0.2, -0.15) is 0 Å². The minimum absolute atomic E-state index is 0.146. The Hall–Kier alpha value is -1.13. The van der Waals surface area contributed by atoms with Crippen LogP contribution in [0.3, 0.4) is 0 Å². The van der Waals surface area contributed by atoms with E-state index >= 15 is 0 Å². The van der Waals surface area contributed by atoms with Gasteiger partial charge in [-0.15, -0.1) is 0 Å². The number of anilines is 1. The number of fused-ring (bicyclic) bond motifs is 1. The first-order valence-corrected chi connectivity index (χ1v) is 7.67. The number of halogens is 1. The van der Waals surface area contributed by atoms with Crippen molar-refractivity contribution in [2.45, 2.75) is 38.3 Å². The van der Waals surface area contributed by atoms with E-state index in [2.05, 4.69) is 22.8 Å². The quantitative estimate of drug-likeness (QED) is 0.917. The van der Waals surface area contributed by atoms with Crippen LogP contribution in [0, 0.1) is 5.82 Å². The van der Waals surface area contributed by atoms with Gasteiger partial charge < -0.3 is 10.6 Å². The molecule has 110 valence electrons. The first-order chi connectivity index (χ1) is 9.67. The second-order valence-corrected chi connectivity index (χ2v) is 6.15. The minimum Gasteiger partial charge on any atom is -0.366 e. The summed E-state index contributed by atoms with van der Waals surface area (Å²) in [5.41, 5.74) is 7.62. The molecule has 1 aromatic rings. The van der Waals surface area contributed by atoms with Crippen molar-refractivity contribution in [3.05, 3.63) is 29.6 Å². The molecule has 20 heavy (non-hydrogen) atoms. The third-order valence-corrected chi connectivity index (χ3v) is 4.64. The number of piperazine rings is 1. The number of rotatable bonds is 3. The molecule has 1 aromatic carbocycles. The Kier molecular flexibility index (Phi) is 3.94. The highest BCUT2D eigenvalue weighted by atomic mass is 19.1. The van der Waals surface area contributed by atoms with E-state index in [1.165, 1.54) is 19.4 Å². The Morgan fingerprint density at radius 3 is 2.95 bits per heavy atom. The summed E-state index contributed by atoms with van der Waals surface area (Å²) >= 11 is 0. The lowest BCUT2D eigenvalue weighted by Crippen LogP contribution is -2.55. The van der Waals surface area contributed by atoms with E-state index in [4.69, 9.17) is 5.73 Å². The van der Waals surface area contributed by atoms with Crippen LogP contribution in [0.2, 0.25) is 0 Å². The van der Waals surface area contributed by atoms with Crippen molar-refractivity contribution in [1.82, 2.24) is 4.90 Å². The van der Waals surface area contributed by atoms with Gasteiger partial charge in [0.1, 0.15) is 5.82 Å². The van der Waals surface area contributed by atoms with Crippen molar-refractivity contribution >= 4 is 5.69 Å². The first-order valence-electron chi connectivity index (χ1n) is 7.67. The van der Waals surface area contributed by atoms with E-state index in [-0.39, 0.29) is 5.82 Å². The van der Waals surface area contributed by atoms with Crippen molar-refractivity contribution in [1.29, 1.82) is 0 Å². The van der Waals surface area contributed by atoms with Crippen molar-refractivity contribution in [2.24, 2.45) is 5.73 Å². The maximum atomic E-state index is 13.8. The predicted molar refractivity (Wildman–Crippen MR) is 80.6 cm³/mol. The number of nitrogens with two attached hydrogens (primary N) is 1. The zero-order valence-electron chi connectivity index (χ0n) is 12.2. The zero-order chi connectivity index (χ0) is 14.1. The molecule has 0 aliphatic carbocycles. The van der Waals surface area contributed by atoms with Gasteiger partial charge in [-0.3, -0.25) is 4.90 Å². The topological polar surface area (TPSA) is 32.5 Å². The Bertz CT molecular complexity index is 477. The van der Waals surface area contributed by atoms with Gasteiger partial charge in [-0.25, -0.2) is 4.39 Å². The lowest BCUT2D eigenvalue weighted by molar-refractivity contribution is 0.203. The highest BCUT2D eigenvalue weighted by molar-refractivity contribution is 5.51.